The van der Waals surface area contributed by atoms with E-state index >= 15 is 0 Å². The quantitative estimate of drug-likeness (QED) is 0.871. The molecule has 0 fully saturated rings. The van der Waals surface area contributed by atoms with Crippen molar-refractivity contribution in [2.45, 2.75) is 26.0 Å². The van der Waals surface area contributed by atoms with Crippen molar-refractivity contribution in [2.75, 3.05) is 13.3 Å². The number of fused-ring (bicyclic) bond motifs is 1. The van der Waals surface area contributed by atoms with Crippen molar-refractivity contribution in [3.8, 4) is 11.5 Å². The number of hydrogen-bond donors (Lipinski definition) is 2. The van der Waals surface area contributed by atoms with Gasteiger partial charge < -0.3 is 19.9 Å². The topological polar surface area (TPSA) is 50.7 Å². The zero-order valence-corrected chi connectivity index (χ0v) is 11.9. The molecule has 0 saturated heterocycles. The van der Waals surface area contributed by atoms with E-state index in [0.29, 0.717) is 12.6 Å². The van der Waals surface area contributed by atoms with E-state index in [9.17, 15) is 5.11 Å². The predicted molar refractivity (Wildman–Crippen MR) is 78.0 cm³/mol. The van der Waals surface area contributed by atoms with Gasteiger partial charge >= 0.3 is 0 Å². The molecule has 0 bridgehead atoms. The van der Waals surface area contributed by atoms with Crippen LogP contribution in [0.15, 0.2) is 24.3 Å². The van der Waals surface area contributed by atoms with Crippen molar-refractivity contribution in [1.29, 1.82) is 0 Å². The second-order valence-corrected chi connectivity index (χ2v) is 4.60. The monoisotopic (exact) mass is 285 g/mol. The Morgan fingerprint density at radius 1 is 1.32 bits per heavy atom. The summed E-state index contributed by atoms with van der Waals surface area (Å²) in [7, 11) is 0. The number of rotatable bonds is 5. The van der Waals surface area contributed by atoms with Gasteiger partial charge in [0.25, 0.3) is 0 Å². The standard InChI is InChI=1S/C14H19NO3.ClH/c1-10(2)15-8-12(16)5-3-11-4-6-13-14(7-11)18-9-17-13;/h3-7,10,12,15-16H,8-9H2,1-2H3;1H/b5-3+;. The molecule has 2 N–H and O–H groups in total. The molecular formula is C14H20ClNO3. The molecule has 19 heavy (non-hydrogen) atoms. The Bertz CT molecular complexity index is 435. The van der Waals surface area contributed by atoms with Gasteiger partial charge in [-0.25, -0.2) is 0 Å². The summed E-state index contributed by atoms with van der Waals surface area (Å²) in [6.07, 6.45) is 3.17. The van der Waals surface area contributed by atoms with Crippen molar-refractivity contribution >= 4 is 18.5 Å². The van der Waals surface area contributed by atoms with Crippen molar-refractivity contribution in [2.24, 2.45) is 0 Å². The highest BCUT2D eigenvalue weighted by molar-refractivity contribution is 5.85. The van der Waals surface area contributed by atoms with Crippen LogP contribution in [0.5, 0.6) is 11.5 Å². The highest BCUT2D eigenvalue weighted by Crippen LogP contribution is 2.32. The van der Waals surface area contributed by atoms with Crippen LogP contribution in [0.4, 0.5) is 0 Å². The van der Waals surface area contributed by atoms with Crippen LogP contribution in [0.2, 0.25) is 0 Å². The van der Waals surface area contributed by atoms with Crippen LogP contribution in [0.3, 0.4) is 0 Å². The molecule has 1 aliphatic rings. The molecule has 0 spiro atoms. The van der Waals surface area contributed by atoms with Gasteiger partial charge in [0.2, 0.25) is 6.79 Å². The number of hydrogen-bond acceptors (Lipinski definition) is 4. The predicted octanol–water partition coefficient (Wildman–Crippen LogP) is 2.21. The van der Waals surface area contributed by atoms with Gasteiger partial charge in [-0.15, -0.1) is 12.4 Å². The molecule has 0 radical (unpaired) electrons. The lowest BCUT2D eigenvalue weighted by atomic mass is 10.1. The van der Waals surface area contributed by atoms with E-state index in [4.69, 9.17) is 9.47 Å². The molecule has 106 valence electrons. The first-order valence-electron chi connectivity index (χ1n) is 6.14. The maximum absolute atomic E-state index is 9.75. The van der Waals surface area contributed by atoms with Gasteiger partial charge in [0.1, 0.15) is 0 Å². The van der Waals surface area contributed by atoms with Crippen LogP contribution >= 0.6 is 12.4 Å². The minimum absolute atomic E-state index is 0. The van der Waals surface area contributed by atoms with E-state index in [0.717, 1.165) is 17.1 Å². The summed E-state index contributed by atoms with van der Waals surface area (Å²) in [5, 5.41) is 12.9. The van der Waals surface area contributed by atoms with E-state index in [2.05, 4.69) is 5.32 Å². The minimum Gasteiger partial charge on any atom is -0.454 e. The maximum Gasteiger partial charge on any atom is 0.231 e. The molecule has 0 aliphatic carbocycles. The Morgan fingerprint density at radius 2 is 2.05 bits per heavy atom. The van der Waals surface area contributed by atoms with Gasteiger partial charge in [0.15, 0.2) is 11.5 Å². The Labute approximate surface area is 119 Å². The van der Waals surface area contributed by atoms with Gasteiger partial charge in [-0.05, 0) is 17.7 Å². The molecule has 0 saturated carbocycles. The smallest absolute Gasteiger partial charge is 0.231 e. The van der Waals surface area contributed by atoms with Gasteiger partial charge in [-0.3, -0.25) is 0 Å². The number of aliphatic hydroxyl groups excluding tert-OH is 1. The lowest BCUT2D eigenvalue weighted by molar-refractivity contribution is 0.174. The molecule has 1 unspecified atom stereocenters. The SMILES string of the molecule is CC(C)NCC(O)/C=C/c1ccc2c(c1)OCO2.Cl. The summed E-state index contributed by atoms with van der Waals surface area (Å²) in [6.45, 7) is 4.94. The van der Waals surface area contributed by atoms with Gasteiger partial charge in [0.05, 0.1) is 6.10 Å². The van der Waals surface area contributed by atoms with Gasteiger partial charge in [0, 0.05) is 12.6 Å². The van der Waals surface area contributed by atoms with E-state index in [1.807, 2.05) is 38.1 Å². The Hall–Kier alpha value is -1.23. The van der Waals surface area contributed by atoms with Crippen LogP contribution in [-0.2, 0) is 0 Å². The lowest BCUT2D eigenvalue weighted by Gasteiger charge is -2.10. The average molecular weight is 286 g/mol. The Morgan fingerprint density at radius 3 is 2.79 bits per heavy atom. The number of aliphatic hydroxyl groups is 1. The highest BCUT2D eigenvalue weighted by atomic mass is 35.5. The molecule has 1 aromatic carbocycles. The molecule has 0 aromatic heterocycles. The lowest BCUT2D eigenvalue weighted by Crippen LogP contribution is -2.30. The van der Waals surface area contributed by atoms with E-state index in [1.165, 1.54) is 0 Å². The first kappa shape index (κ1) is 15.8. The molecule has 1 atom stereocenters. The van der Waals surface area contributed by atoms with Crippen molar-refractivity contribution in [3.63, 3.8) is 0 Å². The molecule has 4 nitrogen and oxygen atoms in total. The summed E-state index contributed by atoms with van der Waals surface area (Å²) in [5.41, 5.74) is 0.989. The summed E-state index contributed by atoms with van der Waals surface area (Å²) < 4.78 is 10.5. The average Bonchev–Trinajstić information content (AvgIpc) is 2.81. The van der Waals surface area contributed by atoms with Crippen molar-refractivity contribution in [3.05, 3.63) is 29.8 Å². The fraction of sp³-hybridized carbons (Fsp3) is 0.429. The minimum atomic E-state index is -0.488. The fourth-order valence-electron chi connectivity index (χ4n) is 1.66. The number of halogens is 1. The second-order valence-electron chi connectivity index (χ2n) is 4.60. The van der Waals surface area contributed by atoms with Crippen LogP contribution in [0.25, 0.3) is 6.08 Å². The molecule has 5 heteroatoms. The molecule has 2 rings (SSSR count). The number of benzene rings is 1. The van der Waals surface area contributed by atoms with Crippen molar-refractivity contribution < 1.29 is 14.6 Å². The van der Waals surface area contributed by atoms with Crippen molar-refractivity contribution in [1.82, 2.24) is 5.32 Å². The summed E-state index contributed by atoms with van der Waals surface area (Å²) in [5.74, 6) is 1.53. The van der Waals surface area contributed by atoms with Crippen LogP contribution < -0.4 is 14.8 Å². The van der Waals surface area contributed by atoms with Crippen LogP contribution in [0.1, 0.15) is 19.4 Å². The zero-order valence-electron chi connectivity index (χ0n) is 11.1. The first-order valence-corrected chi connectivity index (χ1v) is 6.14. The Kier molecular flexibility index (Phi) is 6.15. The summed E-state index contributed by atoms with van der Waals surface area (Å²) in [4.78, 5) is 0. The fourth-order valence-corrected chi connectivity index (χ4v) is 1.66. The molecular weight excluding hydrogens is 266 g/mol. The third-order valence-corrected chi connectivity index (χ3v) is 2.64. The largest absolute Gasteiger partial charge is 0.454 e. The summed E-state index contributed by atoms with van der Waals surface area (Å²) in [6, 6.07) is 6.09. The second kappa shape index (κ2) is 7.38. The third-order valence-electron chi connectivity index (χ3n) is 2.64. The molecule has 1 heterocycles. The summed E-state index contributed by atoms with van der Waals surface area (Å²) >= 11 is 0. The molecule has 0 amide bonds. The number of nitrogens with one attached hydrogen (secondary N) is 1. The van der Waals surface area contributed by atoms with E-state index < -0.39 is 6.10 Å². The number of ether oxygens (including phenoxy) is 2. The maximum atomic E-state index is 9.75. The zero-order chi connectivity index (χ0) is 13.0. The highest BCUT2D eigenvalue weighted by Gasteiger charge is 2.12. The Balaban J connectivity index is 0.00000180. The molecule has 1 aliphatic heterocycles. The third kappa shape index (κ3) is 4.74. The normalized spacial score (nSPS) is 14.7. The first-order chi connectivity index (χ1) is 8.65. The van der Waals surface area contributed by atoms with E-state index in [1.54, 1.807) is 6.08 Å². The van der Waals surface area contributed by atoms with Crippen LogP contribution in [-0.4, -0.2) is 30.6 Å². The van der Waals surface area contributed by atoms with Gasteiger partial charge in [-0.1, -0.05) is 32.1 Å². The molecule has 1 aromatic rings. The van der Waals surface area contributed by atoms with E-state index in [-0.39, 0.29) is 19.2 Å². The van der Waals surface area contributed by atoms with Crippen LogP contribution in [0, 0.1) is 0 Å². The van der Waals surface area contributed by atoms with Gasteiger partial charge in [-0.2, -0.15) is 0 Å².